The predicted molar refractivity (Wildman–Crippen MR) is 91.1 cm³/mol. The van der Waals surface area contributed by atoms with Gasteiger partial charge in [-0.1, -0.05) is 20.3 Å². The van der Waals surface area contributed by atoms with Gasteiger partial charge in [0.05, 0.1) is 12.1 Å². The number of rotatable bonds is 4. The molecule has 1 N–H and O–H groups in total. The van der Waals surface area contributed by atoms with E-state index in [1.165, 1.54) is 18.4 Å². The average molecular weight is 318 g/mol. The minimum absolute atomic E-state index is 0.0591. The second-order valence-electron chi connectivity index (χ2n) is 7.30. The van der Waals surface area contributed by atoms with Gasteiger partial charge in [0.25, 0.3) is 0 Å². The first-order valence-corrected chi connectivity index (χ1v) is 9.11. The van der Waals surface area contributed by atoms with Crippen LogP contribution in [0.1, 0.15) is 51.0 Å². The maximum absolute atomic E-state index is 13.3. The Bertz CT molecular complexity index is 541. The molecule has 2 unspecified atom stereocenters. The van der Waals surface area contributed by atoms with Crippen molar-refractivity contribution < 1.29 is 4.79 Å². The van der Waals surface area contributed by atoms with Crippen molar-refractivity contribution in [2.45, 2.75) is 51.5 Å². The highest BCUT2D eigenvalue weighted by Crippen LogP contribution is 2.33. The molecule has 5 nitrogen and oxygen atoms in total. The first-order chi connectivity index (χ1) is 11.1. The molecule has 0 aliphatic carbocycles. The van der Waals surface area contributed by atoms with Crippen molar-refractivity contribution in [3.63, 3.8) is 0 Å². The van der Waals surface area contributed by atoms with Crippen molar-refractivity contribution in [2.24, 2.45) is 18.9 Å². The summed E-state index contributed by atoms with van der Waals surface area (Å²) in [6.45, 7) is 7.13. The van der Waals surface area contributed by atoms with Crippen LogP contribution in [-0.4, -0.2) is 46.3 Å². The van der Waals surface area contributed by atoms with Crippen LogP contribution >= 0.6 is 0 Å². The lowest BCUT2D eigenvalue weighted by Crippen LogP contribution is -2.50. The quantitative estimate of drug-likeness (QED) is 0.925. The summed E-state index contributed by atoms with van der Waals surface area (Å²) in [5, 5.41) is 7.71. The lowest BCUT2D eigenvalue weighted by molar-refractivity contribution is -0.140. The van der Waals surface area contributed by atoms with Crippen LogP contribution in [0.2, 0.25) is 0 Å². The number of amides is 1. The van der Waals surface area contributed by atoms with E-state index in [0.29, 0.717) is 17.9 Å². The van der Waals surface area contributed by atoms with Gasteiger partial charge in [-0.15, -0.1) is 0 Å². The van der Waals surface area contributed by atoms with Crippen LogP contribution in [0.25, 0.3) is 0 Å². The summed E-state index contributed by atoms with van der Waals surface area (Å²) >= 11 is 0. The van der Waals surface area contributed by atoms with Crippen LogP contribution in [0.4, 0.5) is 0 Å². The SMILES string of the molecule is CCC(C)C1CCCCN1C(=O)[C@H]1CNC[C@@H]1c1cnn(C)c1. The van der Waals surface area contributed by atoms with Gasteiger partial charge < -0.3 is 10.2 Å². The van der Waals surface area contributed by atoms with Crippen molar-refractivity contribution in [1.29, 1.82) is 0 Å². The summed E-state index contributed by atoms with van der Waals surface area (Å²) < 4.78 is 1.83. The summed E-state index contributed by atoms with van der Waals surface area (Å²) in [6.07, 6.45) is 8.69. The molecule has 0 saturated carbocycles. The van der Waals surface area contributed by atoms with E-state index in [1.807, 2.05) is 17.9 Å². The van der Waals surface area contributed by atoms with Crippen LogP contribution in [-0.2, 0) is 11.8 Å². The monoisotopic (exact) mass is 318 g/mol. The first kappa shape index (κ1) is 16.5. The van der Waals surface area contributed by atoms with Crippen molar-refractivity contribution in [3.05, 3.63) is 18.0 Å². The smallest absolute Gasteiger partial charge is 0.227 e. The van der Waals surface area contributed by atoms with Crippen LogP contribution in [0.15, 0.2) is 12.4 Å². The second kappa shape index (κ2) is 7.04. The molecule has 2 saturated heterocycles. The van der Waals surface area contributed by atoms with Crippen LogP contribution in [0, 0.1) is 11.8 Å². The molecule has 4 atom stereocenters. The van der Waals surface area contributed by atoms with Crippen LogP contribution in [0.3, 0.4) is 0 Å². The van der Waals surface area contributed by atoms with Crippen molar-refractivity contribution in [2.75, 3.05) is 19.6 Å². The molecular formula is C18H30N4O. The van der Waals surface area contributed by atoms with E-state index in [1.54, 1.807) is 0 Å². The van der Waals surface area contributed by atoms with Crippen molar-refractivity contribution >= 4 is 5.91 Å². The minimum Gasteiger partial charge on any atom is -0.339 e. The van der Waals surface area contributed by atoms with E-state index >= 15 is 0 Å². The van der Waals surface area contributed by atoms with Gasteiger partial charge in [-0.2, -0.15) is 5.10 Å². The number of aromatic nitrogens is 2. The number of aryl methyl sites for hydroxylation is 1. The molecule has 0 aromatic carbocycles. The van der Waals surface area contributed by atoms with Gasteiger partial charge in [0.1, 0.15) is 0 Å². The Balaban J connectivity index is 1.77. The Morgan fingerprint density at radius 1 is 1.43 bits per heavy atom. The number of carbonyl (C=O) groups is 1. The number of hydrogen-bond donors (Lipinski definition) is 1. The molecule has 1 aromatic heterocycles. The predicted octanol–water partition coefficient (Wildman–Crippen LogP) is 2.15. The molecule has 0 bridgehead atoms. The topological polar surface area (TPSA) is 50.2 Å². The lowest BCUT2D eigenvalue weighted by Gasteiger charge is -2.41. The second-order valence-corrected chi connectivity index (χ2v) is 7.30. The molecule has 3 heterocycles. The number of carbonyl (C=O) groups excluding carboxylic acids is 1. The van der Waals surface area contributed by atoms with Gasteiger partial charge in [0, 0.05) is 44.8 Å². The largest absolute Gasteiger partial charge is 0.339 e. The molecule has 2 aliphatic rings. The summed E-state index contributed by atoms with van der Waals surface area (Å²) in [5.74, 6) is 1.26. The highest BCUT2D eigenvalue weighted by atomic mass is 16.2. The Morgan fingerprint density at radius 2 is 2.26 bits per heavy atom. The van der Waals surface area contributed by atoms with E-state index in [2.05, 4.69) is 35.4 Å². The molecule has 2 fully saturated rings. The Labute approximate surface area is 139 Å². The number of hydrogen-bond acceptors (Lipinski definition) is 3. The molecule has 128 valence electrons. The molecule has 2 aliphatic heterocycles. The molecular weight excluding hydrogens is 288 g/mol. The van der Waals surface area contributed by atoms with Gasteiger partial charge in [0.2, 0.25) is 5.91 Å². The number of piperidine rings is 1. The Hall–Kier alpha value is -1.36. The fourth-order valence-electron chi connectivity index (χ4n) is 4.23. The van der Waals surface area contributed by atoms with Gasteiger partial charge in [0.15, 0.2) is 0 Å². The lowest BCUT2D eigenvalue weighted by atomic mass is 9.85. The Morgan fingerprint density at radius 3 is 2.96 bits per heavy atom. The average Bonchev–Trinajstić information content (AvgIpc) is 3.22. The zero-order chi connectivity index (χ0) is 16.4. The standard InChI is InChI=1S/C18H30N4O/c1-4-13(2)17-7-5-6-8-22(17)18(23)16-11-19-10-15(16)14-9-20-21(3)12-14/h9,12-13,15-17,19H,4-8,10-11H2,1-3H3/t13?,15-,16+,17?/m1/s1. The fraction of sp³-hybridized carbons (Fsp3) is 0.778. The summed E-state index contributed by atoms with van der Waals surface area (Å²) in [4.78, 5) is 15.5. The van der Waals surface area contributed by atoms with Crippen LogP contribution < -0.4 is 5.32 Å². The van der Waals surface area contributed by atoms with Gasteiger partial charge >= 0.3 is 0 Å². The van der Waals surface area contributed by atoms with Crippen LogP contribution in [0.5, 0.6) is 0 Å². The first-order valence-electron chi connectivity index (χ1n) is 9.11. The third kappa shape index (κ3) is 3.30. The summed E-state index contributed by atoms with van der Waals surface area (Å²) in [6, 6.07) is 0.427. The molecule has 0 radical (unpaired) electrons. The highest BCUT2D eigenvalue weighted by Gasteiger charge is 2.40. The summed E-state index contributed by atoms with van der Waals surface area (Å²) in [7, 11) is 1.94. The van der Waals surface area contributed by atoms with E-state index in [0.717, 1.165) is 32.5 Å². The van der Waals surface area contributed by atoms with E-state index in [4.69, 9.17) is 0 Å². The zero-order valence-electron chi connectivity index (χ0n) is 14.7. The van der Waals surface area contributed by atoms with E-state index in [9.17, 15) is 4.79 Å². The number of nitrogens with one attached hydrogen (secondary N) is 1. The zero-order valence-corrected chi connectivity index (χ0v) is 14.7. The number of nitrogens with zero attached hydrogens (tertiary/aromatic N) is 3. The molecule has 0 spiro atoms. The van der Waals surface area contributed by atoms with Crippen molar-refractivity contribution in [1.82, 2.24) is 20.0 Å². The molecule has 23 heavy (non-hydrogen) atoms. The van der Waals surface area contributed by atoms with Gasteiger partial charge in [-0.25, -0.2) is 0 Å². The molecule has 3 rings (SSSR count). The molecule has 5 heteroatoms. The third-order valence-corrected chi connectivity index (χ3v) is 5.82. The van der Waals surface area contributed by atoms with Crippen molar-refractivity contribution in [3.8, 4) is 0 Å². The highest BCUT2D eigenvalue weighted by molar-refractivity contribution is 5.81. The summed E-state index contributed by atoms with van der Waals surface area (Å²) in [5.41, 5.74) is 1.19. The fourth-order valence-corrected chi connectivity index (χ4v) is 4.23. The van der Waals surface area contributed by atoms with E-state index in [-0.39, 0.29) is 11.8 Å². The molecule has 1 amide bonds. The maximum Gasteiger partial charge on any atom is 0.227 e. The van der Waals surface area contributed by atoms with E-state index < -0.39 is 0 Å². The minimum atomic E-state index is 0.0591. The molecule has 1 aromatic rings. The van der Waals surface area contributed by atoms with Gasteiger partial charge in [-0.05, 0) is 30.7 Å². The maximum atomic E-state index is 13.3. The third-order valence-electron chi connectivity index (χ3n) is 5.82. The number of likely N-dealkylation sites (tertiary alicyclic amines) is 1. The normalized spacial score (nSPS) is 29.7. The Kier molecular flexibility index (Phi) is 5.05. The van der Waals surface area contributed by atoms with Gasteiger partial charge in [-0.3, -0.25) is 9.48 Å².